The first kappa shape index (κ1) is 12.2. The minimum absolute atomic E-state index is 0. The zero-order valence-electron chi connectivity index (χ0n) is 9.73. The van der Waals surface area contributed by atoms with E-state index in [1.54, 1.807) is 0 Å². The lowest BCUT2D eigenvalue weighted by molar-refractivity contribution is 0.243. The molecule has 0 saturated heterocycles. The lowest BCUT2D eigenvalue weighted by Crippen LogP contribution is -2.30. The zero-order valence-corrected chi connectivity index (χ0v) is 10.5. The Kier molecular flexibility index (Phi) is 3.87. The number of halogens is 1. The third kappa shape index (κ3) is 2.71. The number of rotatable bonds is 2. The van der Waals surface area contributed by atoms with E-state index in [0.29, 0.717) is 0 Å². The second kappa shape index (κ2) is 5.39. The number of hydrogen-bond acceptors (Lipinski definition) is 1. The van der Waals surface area contributed by atoms with Crippen molar-refractivity contribution in [2.75, 3.05) is 6.54 Å². The van der Waals surface area contributed by atoms with Crippen LogP contribution in [0.25, 0.3) is 0 Å². The van der Waals surface area contributed by atoms with E-state index >= 15 is 0 Å². The van der Waals surface area contributed by atoms with Crippen LogP contribution >= 0.6 is 12.4 Å². The Hall–Kier alpha value is -1.25. The van der Waals surface area contributed by atoms with E-state index in [0.717, 1.165) is 19.6 Å². The molecule has 2 nitrogen and oxygen atoms in total. The van der Waals surface area contributed by atoms with Crippen molar-refractivity contribution in [1.82, 2.24) is 9.88 Å². The summed E-state index contributed by atoms with van der Waals surface area (Å²) in [4.78, 5) is 5.76. The van der Waals surface area contributed by atoms with Gasteiger partial charge in [0.15, 0.2) is 0 Å². The highest BCUT2D eigenvalue weighted by atomic mass is 35.5. The van der Waals surface area contributed by atoms with Gasteiger partial charge in [0.1, 0.15) is 0 Å². The molecule has 3 heteroatoms. The first-order valence-electron chi connectivity index (χ1n) is 5.83. The summed E-state index contributed by atoms with van der Waals surface area (Å²) in [5, 5.41) is 0. The molecular weight excluding hydrogens is 232 g/mol. The molecule has 2 aromatic rings. The van der Waals surface area contributed by atoms with Crippen LogP contribution in [0.3, 0.4) is 0 Å². The standard InChI is InChI=1S/C14H16N2.ClH/c1-2-5-13-10-16(9-7-12(13)4-1)11-14-6-3-8-15-14;/h1-6,8,15H,7,9-11H2;1H. The van der Waals surface area contributed by atoms with Crippen molar-refractivity contribution < 1.29 is 0 Å². The molecule has 90 valence electrons. The van der Waals surface area contributed by atoms with Crippen molar-refractivity contribution in [3.8, 4) is 0 Å². The number of hydrogen-bond donors (Lipinski definition) is 1. The molecule has 17 heavy (non-hydrogen) atoms. The van der Waals surface area contributed by atoms with Crippen LogP contribution < -0.4 is 0 Å². The van der Waals surface area contributed by atoms with Crippen LogP contribution in [0, 0.1) is 0 Å². The minimum atomic E-state index is 0. The Labute approximate surface area is 108 Å². The molecule has 1 aliphatic rings. The van der Waals surface area contributed by atoms with Gasteiger partial charge in [-0.25, -0.2) is 0 Å². The van der Waals surface area contributed by atoms with Gasteiger partial charge in [0, 0.05) is 31.5 Å². The smallest absolute Gasteiger partial charge is 0.0388 e. The normalized spacial score (nSPS) is 15.1. The Morgan fingerprint density at radius 2 is 1.88 bits per heavy atom. The summed E-state index contributed by atoms with van der Waals surface area (Å²) < 4.78 is 0. The third-order valence-corrected chi connectivity index (χ3v) is 3.27. The predicted molar refractivity (Wildman–Crippen MR) is 72.3 cm³/mol. The van der Waals surface area contributed by atoms with Crippen molar-refractivity contribution in [2.24, 2.45) is 0 Å². The van der Waals surface area contributed by atoms with Crippen molar-refractivity contribution in [3.63, 3.8) is 0 Å². The molecule has 3 rings (SSSR count). The van der Waals surface area contributed by atoms with Crippen LogP contribution in [0.4, 0.5) is 0 Å². The number of fused-ring (bicyclic) bond motifs is 1. The molecule has 1 aliphatic heterocycles. The lowest BCUT2D eigenvalue weighted by Gasteiger charge is -2.28. The summed E-state index contributed by atoms with van der Waals surface area (Å²) >= 11 is 0. The number of nitrogens with one attached hydrogen (secondary N) is 1. The van der Waals surface area contributed by atoms with Gasteiger partial charge in [-0.3, -0.25) is 4.90 Å². The summed E-state index contributed by atoms with van der Waals surface area (Å²) in [6.07, 6.45) is 3.17. The van der Waals surface area contributed by atoms with Gasteiger partial charge in [0.2, 0.25) is 0 Å². The number of nitrogens with zero attached hydrogens (tertiary/aromatic N) is 1. The number of aromatic amines is 1. The molecule has 0 fully saturated rings. The van der Waals surface area contributed by atoms with Gasteiger partial charge in [0.05, 0.1) is 0 Å². The highest BCUT2D eigenvalue weighted by Crippen LogP contribution is 2.19. The average Bonchev–Trinajstić information content (AvgIpc) is 2.82. The molecular formula is C14H17ClN2. The topological polar surface area (TPSA) is 19.0 Å². The van der Waals surface area contributed by atoms with Gasteiger partial charge in [-0.05, 0) is 29.7 Å². The van der Waals surface area contributed by atoms with Crippen LogP contribution in [0.2, 0.25) is 0 Å². The number of aromatic nitrogens is 1. The van der Waals surface area contributed by atoms with E-state index < -0.39 is 0 Å². The van der Waals surface area contributed by atoms with E-state index in [2.05, 4.69) is 46.3 Å². The third-order valence-electron chi connectivity index (χ3n) is 3.27. The van der Waals surface area contributed by atoms with Crippen LogP contribution in [0.15, 0.2) is 42.6 Å². The van der Waals surface area contributed by atoms with Gasteiger partial charge in [0.25, 0.3) is 0 Å². The number of H-pyrrole nitrogens is 1. The fraction of sp³-hybridized carbons (Fsp3) is 0.286. The number of benzene rings is 1. The molecule has 1 aromatic heterocycles. The van der Waals surface area contributed by atoms with E-state index in [1.807, 2.05) is 6.20 Å². The average molecular weight is 249 g/mol. The molecule has 0 spiro atoms. The van der Waals surface area contributed by atoms with Crippen molar-refractivity contribution in [1.29, 1.82) is 0 Å². The molecule has 0 amide bonds. The van der Waals surface area contributed by atoms with Crippen molar-refractivity contribution >= 4 is 12.4 Å². The van der Waals surface area contributed by atoms with Crippen molar-refractivity contribution in [3.05, 3.63) is 59.4 Å². The molecule has 0 radical (unpaired) electrons. The second-order valence-electron chi connectivity index (χ2n) is 4.42. The van der Waals surface area contributed by atoms with Crippen LogP contribution in [-0.4, -0.2) is 16.4 Å². The Morgan fingerprint density at radius 3 is 2.65 bits per heavy atom. The van der Waals surface area contributed by atoms with E-state index in [-0.39, 0.29) is 12.4 Å². The van der Waals surface area contributed by atoms with Crippen molar-refractivity contribution in [2.45, 2.75) is 19.5 Å². The summed E-state index contributed by atoms with van der Waals surface area (Å²) in [6, 6.07) is 13.0. The minimum Gasteiger partial charge on any atom is -0.364 e. The molecule has 0 aliphatic carbocycles. The van der Waals surface area contributed by atoms with Crippen LogP contribution in [0.1, 0.15) is 16.8 Å². The SMILES string of the molecule is Cl.c1c[nH]c(CN2CCc3ccccc3C2)c1. The fourth-order valence-electron chi connectivity index (χ4n) is 2.40. The van der Waals surface area contributed by atoms with E-state index in [1.165, 1.54) is 23.2 Å². The summed E-state index contributed by atoms with van der Waals surface area (Å²) in [5.41, 5.74) is 4.31. The maximum absolute atomic E-state index is 3.27. The van der Waals surface area contributed by atoms with E-state index in [9.17, 15) is 0 Å². The second-order valence-corrected chi connectivity index (χ2v) is 4.42. The molecule has 0 bridgehead atoms. The zero-order chi connectivity index (χ0) is 10.8. The van der Waals surface area contributed by atoms with Gasteiger partial charge in [-0.15, -0.1) is 12.4 Å². The highest BCUT2D eigenvalue weighted by Gasteiger charge is 2.15. The lowest BCUT2D eigenvalue weighted by atomic mass is 10.00. The Morgan fingerprint density at radius 1 is 1.06 bits per heavy atom. The predicted octanol–water partition coefficient (Wildman–Crippen LogP) is 2.99. The fourth-order valence-corrected chi connectivity index (χ4v) is 2.40. The van der Waals surface area contributed by atoms with Crippen LogP contribution in [0.5, 0.6) is 0 Å². The van der Waals surface area contributed by atoms with Gasteiger partial charge in [-0.1, -0.05) is 24.3 Å². The maximum Gasteiger partial charge on any atom is 0.0388 e. The first-order valence-corrected chi connectivity index (χ1v) is 5.83. The van der Waals surface area contributed by atoms with Gasteiger partial charge < -0.3 is 4.98 Å². The van der Waals surface area contributed by atoms with Crippen LogP contribution in [-0.2, 0) is 19.5 Å². The summed E-state index contributed by atoms with van der Waals surface area (Å²) in [7, 11) is 0. The molecule has 0 saturated carbocycles. The van der Waals surface area contributed by atoms with Gasteiger partial charge >= 0.3 is 0 Å². The molecule has 1 N–H and O–H groups in total. The summed E-state index contributed by atoms with van der Waals surface area (Å²) in [6.45, 7) is 3.27. The highest BCUT2D eigenvalue weighted by molar-refractivity contribution is 5.85. The Bertz CT molecular complexity index is 465. The monoisotopic (exact) mass is 248 g/mol. The molecule has 2 heterocycles. The largest absolute Gasteiger partial charge is 0.364 e. The van der Waals surface area contributed by atoms with E-state index in [4.69, 9.17) is 0 Å². The molecule has 0 unspecified atom stereocenters. The summed E-state index contributed by atoms with van der Waals surface area (Å²) in [5.74, 6) is 0. The quantitative estimate of drug-likeness (QED) is 0.866. The van der Waals surface area contributed by atoms with Gasteiger partial charge in [-0.2, -0.15) is 0 Å². The molecule has 1 aromatic carbocycles. The Balaban J connectivity index is 0.00000108. The first-order chi connectivity index (χ1) is 7.92. The molecule has 0 atom stereocenters. The maximum atomic E-state index is 3.27.